The summed E-state index contributed by atoms with van der Waals surface area (Å²) in [5.74, 6) is 0.416. The molecule has 0 aromatic carbocycles. The Morgan fingerprint density at radius 2 is 2.47 bits per heavy atom. The summed E-state index contributed by atoms with van der Waals surface area (Å²) in [5.41, 5.74) is 1.18. The molecule has 1 aliphatic heterocycles. The minimum absolute atomic E-state index is 0.291. The van der Waals surface area contributed by atoms with E-state index in [2.05, 4.69) is 25.8 Å². The number of anilines is 1. The Bertz CT molecular complexity index is 332. The summed E-state index contributed by atoms with van der Waals surface area (Å²) in [7, 11) is 0. The van der Waals surface area contributed by atoms with E-state index in [1.807, 2.05) is 18.5 Å². The number of aliphatic hydroxyl groups excluding tert-OH is 1. The second-order valence-corrected chi connectivity index (χ2v) is 4.82. The van der Waals surface area contributed by atoms with E-state index in [4.69, 9.17) is 0 Å². The van der Waals surface area contributed by atoms with Crippen molar-refractivity contribution in [2.24, 2.45) is 5.92 Å². The van der Waals surface area contributed by atoms with Gasteiger partial charge in [0, 0.05) is 32.1 Å². The van der Waals surface area contributed by atoms with Gasteiger partial charge in [-0.15, -0.1) is 0 Å². The maximum absolute atomic E-state index is 9.17. The first-order chi connectivity index (χ1) is 7.31. The normalized spacial score (nSPS) is 21.7. The molecule has 2 heterocycles. The van der Waals surface area contributed by atoms with Crippen LogP contribution in [-0.2, 0) is 0 Å². The zero-order valence-corrected chi connectivity index (χ0v) is 10.2. The Balaban J connectivity index is 2.13. The molecule has 1 unspecified atom stereocenters. The molecule has 0 saturated carbocycles. The van der Waals surface area contributed by atoms with Gasteiger partial charge in [-0.05, 0) is 40.8 Å². The molecule has 0 radical (unpaired) electrons. The van der Waals surface area contributed by atoms with Crippen LogP contribution in [0.1, 0.15) is 12.8 Å². The smallest absolute Gasteiger partial charge is 0.0592 e. The van der Waals surface area contributed by atoms with Gasteiger partial charge in [-0.25, -0.2) is 0 Å². The van der Waals surface area contributed by atoms with Crippen LogP contribution >= 0.6 is 15.9 Å². The van der Waals surface area contributed by atoms with Gasteiger partial charge in [0.2, 0.25) is 0 Å². The van der Waals surface area contributed by atoms with Crippen molar-refractivity contribution in [3.63, 3.8) is 0 Å². The Kier molecular flexibility index (Phi) is 3.59. The highest BCUT2D eigenvalue weighted by Gasteiger charge is 2.20. The standard InChI is InChI=1S/C11H15BrN2O/c12-10-6-13-4-3-11(10)14-5-1-2-9(7-14)8-15/h3-4,6,9,15H,1-2,5,7-8H2. The largest absolute Gasteiger partial charge is 0.396 e. The highest BCUT2D eigenvalue weighted by Crippen LogP contribution is 2.28. The zero-order valence-electron chi connectivity index (χ0n) is 8.56. The summed E-state index contributed by atoms with van der Waals surface area (Å²) in [6.07, 6.45) is 5.91. The third-order valence-corrected chi connectivity index (χ3v) is 3.48. The monoisotopic (exact) mass is 270 g/mol. The van der Waals surface area contributed by atoms with Crippen LogP contribution in [0.25, 0.3) is 0 Å². The fourth-order valence-corrected chi connectivity index (χ4v) is 2.56. The number of piperidine rings is 1. The second kappa shape index (κ2) is 4.94. The summed E-state index contributed by atoms with van der Waals surface area (Å²) in [6.45, 7) is 2.30. The van der Waals surface area contributed by atoms with Crippen LogP contribution in [0.2, 0.25) is 0 Å². The van der Waals surface area contributed by atoms with Crippen molar-refractivity contribution < 1.29 is 5.11 Å². The number of aromatic nitrogens is 1. The van der Waals surface area contributed by atoms with Gasteiger partial charge in [-0.1, -0.05) is 0 Å². The van der Waals surface area contributed by atoms with E-state index in [-0.39, 0.29) is 0 Å². The Morgan fingerprint density at radius 3 is 3.20 bits per heavy atom. The van der Waals surface area contributed by atoms with E-state index >= 15 is 0 Å². The molecule has 0 amide bonds. The maximum atomic E-state index is 9.17. The molecule has 15 heavy (non-hydrogen) atoms. The molecule has 4 heteroatoms. The van der Waals surface area contributed by atoms with Gasteiger partial charge in [0.25, 0.3) is 0 Å². The minimum Gasteiger partial charge on any atom is -0.396 e. The van der Waals surface area contributed by atoms with Gasteiger partial charge in [0.15, 0.2) is 0 Å². The lowest BCUT2D eigenvalue weighted by Crippen LogP contribution is -2.36. The van der Waals surface area contributed by atoms with Crippen molar-refractivity contribution in [3.05, 3.63) is 22.9 Å². The topological polar surface area (TPSA) is 36.4 Å². The van der Waals surface area contributed by atoms with Crippen molar-refractivity contribution in [2.75, 3.05) is 24.6 Å². The number of halogens is 1. The molecule has 3 nitrogen and oxygen atoms in total. The summed E-state index contributed by atoms with van der Waals surface area (Å²) < 4.78 is 1.03. The molecule has 82 valence electrons. The molecule has 1 saturated heterocycles. The van der Waals surface area contributed by atoms with Crippen LogP contribution in [0, 0.1) is 5.92 Å². The number of hydrogen-bond donors (Lipinski definition) is 1. The van der Waals surface area contributed by atoms with Gasteiger partial charge in [0.05, 0.1) is 10.2 Å². The highest BCUT2D eigenvalue weighted by molar-refractivity contribution is 9.10. The van der Waals surface area contributed by atoms with Crippen molar-refractivity contribution in [1.82, 2.24) is 4.98 Å². The molecule has 1 aromatic heterocycles. The molecule has 2 rings (SSSR count). The van der Waals surface area contributed by atoms with E-state index in [0.29, 0.717) is 12.5 Å². The Morgan fingerprint density at radius 1 is 1.60 bits per heavy atom. The average molecular weight is 271 g/mol. The molecule has 0 spiro atoms. The van der Waals surface area contributed by atoms with Crippen LogP contribution in [0.4, 0.5) is 5.69 Å². The summed E-state index contributed by atoms with van der Waals surface area (Å²) >= 11 is 3.51. The van der Waals surface area contributed by atoms with Gasteiger partial charge in [-0.2, -0.15) is 0 Å². The third kappa shape index (κ3) is 2.49. The molecule has 0 bridgehead atoms. The second-order valence-electron chi connectivity index (χ2n) is 3.96. The Labute approximate surface area is 98.3 Å². The lowest BCUT2D eigenvalue weighted by Gasteiger charge is -2.34. The molecule has 1 aromatic rings. The predicted octanol–water partition coefficient (Wildman–Crippen LogP) is 2.05. The first kappa shape index (κ1) is 10.9. The van der Waals surface area contributed by atoms with Crippen molar-refractivity contribution in [2.45, 2.75) is 12.8 Å². The van der Waals surface area contributed by atoms with E-state index in [0.717, 1.165) is 30.4 Å². The molecular formula is C11H15BrN2O. The molecule has 1 aliphatic rings. The fourth-order valence-electron chi connectivity index (χ4n) is 2.06. The average Bonchev–Trinajstić information content (AvgIpc) is 2.30. The molecule has 0 aliphatic carbocycles. The van der Waals surface area contributed by atoms with Crippen LogP contribution < -0.4 is 4.90 Å². The third-order valence-electron chi connectivity index (χ3n) is 2.87. The van der Waals surface area contributed by atoms with Crippen molar-refractivity contribution in [3.8, 4) is 0 Å². The number of hydrogen-bond acceptors (Lipinski definition) is 3. The maximum Gasteiger partial charge on any atom is 0.0592 e. The molecule has 1 fully saturated rings. The number of rotatable bonds is 2. The number of nitrogens with zero attached hydrogens (tertiary/aromatic N) is 2. The number of aliphatic hydroxyl groups is 1. The molecular weight excluding hydrogens is 256 g/mol. The molecule has 1 N–H and O–H groups in total. The first-order valence-corrected chi connectivity index (χ1v) is 6.06. The first-order valence-electron chi connectivity index (χ1n) is 5.26. The minimum atomic E-state index is 0.291. The van der Waals surface area contributed by atoms with E-state index in [1.54, 1.807) is 0 Å². The Hall–Kier alpha value is -0.610. The zero-order chi connectivity index (χ0) is 10.7. The van der Waals surface area contributed by atoms with Gasteiger partial charge < -0.3 is 10.0 Å². The van der Waals surface area contributed by atoms with E-state index in [9.17, 15) is 5.11 Å². The van der Waals surface area contributed by atoms with Crippen LogP contribution in [0.15, 0.2) is 22.9 Å². The summed E-state index contributed by atoms with van der Waals surface area (Å²) in [5, 5.41) is 9.17. The predicted molar refractivity (Wildman–Crippen MR) is 64.0 cm³/mol. The summed E-state index contributed by atoms with van der Waals surface area (Å²) in [6, 6.07) is 2.02. The van der Waals surface area contributed by atoms with E-state index < -0.39 is 0 Å². The molecule has 1 atom stereocenters. The van der Waals surface area contributed by atoms with Gasteiger partial charge in [0.1, 0.15) is 0 Å². The van der Waals surface area contributed by atoms with Crippen LogP contribution in [-0.4, -0.2) is 29.8 Å². The quantitative estimate of drug-likeness (QED) is 0.894. The SMILES string of the molecule is OCC1CCCN(c2ccncc2Br)C1. The lowest BCUT2D eigenvalue weighted by molar-refractivity contribution is 0.208. The lowest BCUT2D eigenvalue weighted by atomic mass is 9.99. The van der Waals surface area contributed by atoms with Crippen LogP contribution in [0.3, 0.4) is 0 Å². The van der Waals surface area contributed by atoms with Gasteiger partial charge >= 0.3 is 0 Å². The number of pyridine rings is 1. The van der Waals surface area contributed by atoms with Crippen molar-refractivity contribution >= 4 is 21.6 Å². The van der Waals surface area contributed by atoms with E-state index in [1.165, 1.54) is 5.69 Å². The van der Waals surface area contributed by atoms with Gasteiger partial charge in [-0.3, -0.25) is 4.98 Å². The fraction of sp³-hybridized carbons (Fsp3) is 0.545. The summed E-state index contributed by atoms with van der Waals surface area (Å²) in [4.78, 5) is 6.37. The van der Waals surface area contributed by atoms with Crippen molar-refractivity contribution in [1.29, 1.82) is 0 Å². The van der Waals surface area contributed by atoms with Crippen LogP contribution in [0.5, 0.6) is 0 Å². The highest BCUT2D eigenvalue weighted by atomic mass is 79.9.